The molecule has 0 spiro atoms. The number of hydrogen-bond donors (Lipinski definition) is 2. The third kappa shape index (κ3) is 3.67. The van der Waals surface area contributed by atoms with Crippen molar-refractivity contribution in [2.75, 3.05) is 7.05 Å². The molecule has 0 saturated heterocycles. The smallest absolute Gasteiger partial charge is 0.240 e. The Morgan fingerprint density at radius 2 is 2.10 bits per heavy atom. The highest BCUT2D eigenvalue weighted by Crippen LogP contribution is 2.18. The molecule has 0 fully saturated rings. The van der Waals surface area contributed by atoms with Crippen LogP contribution in [0.4, 0.5) is 0 Å². The normalized spacial score (nSPS) is 13.3. The van der Waals surface area contributed by atoms with Crippen molar-refractivity contribution >= 4 is 21.4 Å². The van der Waals surface area contributed by atoms with Gasteiger partial charge in [-0.2, -0.15) is 11.3 Å². The van der Waals surface area contributed by atoms with Gasteiger partial charge in [-0.3, -0.25) is 0 Å². The summed E-state index contributed by atoms with van der Waals surface area (Å²) in [6.45, 7) is 2.80. The number of nitrogens with one attached hydrogen (secondary N) is 2. The zero-order chi connectivity index (χ0) is 14.6. The van der Waals surface area contributed by atoms with Gasteiger partial charge in [0.25, 0.3) is 0 Å². The van der Waals surface area contributed by atoms with Crippen molar-refractivity contribution in [1.82, 2.24) is 10.0 Å². The van der Waals surface area contributed by atoms with Gasteiger partial charge in [0.1, 0.15) is 0 Å². The molecule has 1 aromatic heterocycles. The summed E-state index contributed by atoms with van der Waals surface area (Å²) < 4.78 is 25.9. The molecule has 0 aliphatic carbocycles. The van der Waals surface area contributed by atoms with Gasteiger partial charge in [-0.15, -0.1) is 0 Å². The second kappa shape index (κ2) is 6.49. The predicted octanol–water partition coefficient (Wildman–Crippen LogP) is 2.51. The number of benzene rings is 1. The Kier molecular flexibility index (Phi) is 4.93. The summed E-state index contributed by atoms with van der Waals surface area (Å²) in [5, 5.41) is 7.53. The van der Waals surface area contributed by atoms with Gasteiger partial charge < -0.3 is 5.32 Å². The molecular weight excluding hydrogens is 292 g/mol. The summed E-state index contributed by atoms with van der Waals surface area (Å²) in [5.74, 6) is 0. The third-order valence-electron chi connectivity index (χ3n) is 3.13. The minimum atomic E-state index is -3.39. The molecular formula is C14H18N2O2S2. The quantitative estimate of drug-likeness (QED) is 0.862. The summed E-state index contributed by atoms with van der Waals surface area (Å²) in [5.41, 5.74) is 2.19. The molecule has 0 unspecified atom stereocenters. The highest BCUT2D eigenvalue weighted by molar-refractivity contribution is 7.89. The van der Waals surface area contributed by atoms with Crippen LogP contribution in [0.25, 0.3) is 0 Å². The zero-order valence-electron chi connectivity index (χ0n) is 11.5. The van der Waals surface area contributed by atoms with E-state index in [1.165, 1.54) is 12.6 Å². The van der Waals surface area contributed by atoms with Gasteiger partial charge >= 0.3 is 0 Å². The van der Waals surface area contributed by atoms with Crippen molar-refractivity contribution in [3.8, 4) is 0 Å². The molecule has 2 rings (SSSR count). The van der Waals surface area contributed by atoms with Gasteiger partial charge in [0.15, 0.2) is 0 Å². The number of hydrogen-bond acceptors (Lipinski definition) is 4. The van der Waals surface area contributed by atoms with E-state index >= 15 is 0 Å². The molecule has 0 aliphatic rings. The van der Waals surface area contributed by atoms with Gasteiger partial charge in [0, 0.05) is 12.6 Å². The molecule has 108 valence electrons. The summed E-state index contributed by atoms with van der Waals surface area (Å²) in [6, 6.07) is 9.16. The SMILES string of the molecule is CNS(=O)(=O)c1cccc([C@H](C)NCc2ccsc2)c1. The topological polar surface area (TPSA) is 58.2 Å². The molecule has 1 atom stereocenters. The van der Waals surface area contributed by atoms with Crippen LogP contribution >= 0.6 is 11.3 Å². The molecule has 4 nitrogen and oxygen atoms in total. The Hall–Kier alpha value is -1.21. The van der Waals surface area contributed by atoms with E-state index in [0.29, 0.717) is 4.90 Å². The predicted molar refractivity (Wildman–Crippen MR) is 82.3 cm³/mol. The van der Waals surface area contributed by atoms with E-state index in [1.54, 1.807) is 29.5 Å². The Labute approximate surface area is 123 Å². The van der Waals surface area contributed by atoms with E-state index in [2.05, 4.69) is 21.5 Å². The first-order valence-corrected chi connectivity index (χ1v) is 8.73. The van der Waals surface area contributed by atoms with Crippen LogP contribution in [0.1, 0.15) is 24.1 Å². The van der Waals surface area contributed by atoms with Crippen LogP contribution in [0.3, 0.4) is 0 Å². The van der Waals surface area contributed by atoms with Crippen molar-refractivity contribution in [3.63, 3.8) is 0 Å². The Balaban J connectivity index is 2.10. The maximum Gasteiger partial charge on any atom is 0.240 e. The van der Waals surface area contributed by atoms with Crippen LogP contribution in [-0.2, 0) is 16.6 Å². The fourth-order valence-corrected chi connectivity index (χ4v) is 3.30. The standard InChI is InChI=1S/C14H18N2O2S2/c1-11(16-9-12-6-7-19-10-12)13-4-3-5-14(8-13)20(17,18)15-2/h3-8,10-11,15-16H,9H2,1-2H3/t11-/m0/s1. The second-order valence-electron chi connectivity index (χ2n) is 4.51. The number of sulfonamides is 1. The largest absolute Gasteiger partial charge is 0.306 e. The van der Waals surface area contributed by atoms with Gasteiger partial charge in [-0.05, 0) is 54.1 Å². The Morgan fingerprint density at radius 3 is 2.75 bits per heavy atom. The van der Waals surface area contributed by atoms with Crippen molar-refractivity contribution in [3.05, 3.63) is 52.2 Å². The highest BCUT2D eigenvalue weighted by atomic mass is 32.2. The van der Waals surface area contributed by atoms with Gasteiger partial charge in [0.2, 0.25) is 10.0 Å². The lowest BCUT2D eigenvalue weighted by Gasteiger charge is -2.15. The van der Waals surface area contributed by atoms with Crippen LogP contribution < -0.4 is 10.0 Å². The zero-order valence-corrected chi connectivity index (χ0v) is 13.1. The monoisotopic (exact) mass is 310 g/mol. The van der Waals surface area contributed by atoms with E-state index in [0.717, 1.165) is 12.1 Å². The molecule has 2 N–H and O–H groups in total. The van der Waals surface area contributed by atoms with Crippen LogP contribution in [-0.4, -0.2) is 15.5 Å². The third-order valence-corrected chi connectivity index (χ3v) is 5.27. The van der Waals surface area contributed by atoms with Gasteiger partial charge in [0.05, 0.1) is 4.90 Å². The number of thiophene rings is 1. The summed E-state index contributed by atoms with van der Waals surface area (Å²) in [7, 11) is -1.97. The van der Waals surface area contributed by atoms with Crippen LogP contribution in [0.15, 0.2) is 46.0 Å². The lowest BCUT2D eigenvalue weighted by atomic mass is 10.1. The molecule has 20 heavy (non-hydrogen) atoms. The second-order valence-corrected chi connectivity index (χ2v) is 7.18. The molecule has 6 heteroatoms. The van der Waals surface area contributed by atoms with E-state index < -0.39 is 10.0 Å². The first-order chi connectivity index (χ1) is 9.53. The van der Waals surface area contributed by atoms with Gasteiger partial charge in [-0.1, -0.05) is 12.1 Å². The van der Waals surface area contributed by atoms with Crippen molar-refractivity contribution in [1.29, 1.82) is 0 Å². The molecule has 0 amide bonds. The average Bonchev–Trinajstić information content (AvgIpc) is 2.98. The average molecular weight is 310 g/mol. The molecule has 2 aromatic rings. The maximum atomic E-state index is 11.8. The van der Waals surface area contributed by atoms with Crippen LogP contribution in [0.5, 0.6) is 0 Å². The van der Waals surface area contributed by atoms with Crippen LogP contribution in [0.2, 0.25) is 0 Å². The van der Waals surface area contributed by atoms with Crippen LogP contribution in [0, 0.1) is 0 Å². The van der Waals surface area contributed by atoms with E-state index in [1.807, 2.05) is 18.4 Å². The Bertz CT molecular complexity index is 652. The Morgan fingerprint density at radius 1 is 1.30 bits per heavy atom. The maximum absolute atomic E-state index is 11.8. The lowest BCUT2D eigenvalue weighted by Crippen LogP contribution is -2.20. The molecule has 0 aliphatic heterocycles. The number of rotatable bonds is 6. The summed E-state index contributed by atoms with van der Waals surface area (Å²) in [4.78, 5) is 0.293. The lowest BCUT2D eigenvalue weighted by molar-refractivity contribution is 0.572. The van der Waals surface area contributed by atoms with Gasteiger partial charge in [-0.25, -0.2) is 13.1 Å². The van der Waals surface area contributed by atoms with Crippen molar-refractivity contribution in [2.45, 2.75) is 24.4 Å². The summed E-state index contributed by atoms with van der Waals surface area (Å²) >= 11 is 1.67. The first-order valence-electron chi connectivity index (χ1n) is 6.31. The first kappa shape index (κ1) is 15.2. The van der Waals surface area contributed by atoms with E-state index in [-0.39, 0.29) is 6.04 Å². The molecule has 0 radical (unpaired) electrons. The fraction of sp³-hybridized carbons (Fsp3) is 0.286. The van der Waals surface area contributed by atoms with Crippen molar-refractivity contribution < 1.29 is 8.42 Å². The molecule has 1 heterocycles. The minimum Gasteiger partial charge on any atom is -0.306 e. The fourth-order valence-electron chi connectivity index (χ4n) is 1.85. The van der Waals surface area contributed by atoms with Crippen molar-refractivity contribution in [2.24, 2.45) is 0 Å². The van der Waals surface area contributed by atoms with E-state index in [9.17, 15) is 8.42 Å². The van der Waals surface area contributed by atoms with E-state index in [4.69, 9.17) is 0 Å². The molecule has 0 bridgehead atoms. The highest BCUT2D eigenvalue weighted by Gasteiger charge is 2.13. The minimum absolute atomic E-state index is 0.0851. The summed E-state index contributed by atoms with van der Waals surface area (Å²) in [6.07, 6.45) is 0. The molecule has 0 saturated carbocycles. The molecule has 1 aromatic carbocycles.